The number of nitrogens with zero attached hydrogens (tertiary/aromatic N) is 5. The molecule has 0 fully saturated rings. The van der Waals surface area contributed by atoms with E-state index in [1.54, 1.807) is 20.8 Å². The van der Waals surface area contributed by atoms with Crippen molar-refractivity contribution in [3.05, 3.63) is 10.4 Å². The molecule has 0 amide bonds. The van der Waals surface area contributed by atoms with Crippen molar-refractivity contribution in [2.45, 2.75) is 39.3 Å². The lowest BCUT2D eigenvalue weighted by atomic mass is 10.0. The first kappa shape index (κ1) is 15.7. The van der Waals surface area contributed by atoms with E-state index in [0.29, 0.717) is 5.78 Å². The van der Waals surface area contributed by atoms with Crippen LogP contribution in [0.3, 0.4) is 0 Å². The molecule has 2 atom stereocenters. The molecule has 0 bridgehead atoms. The van der Waals surface area contributed by atoms with Crippen LogP contribution in [0, 0.1) is 0 Å². The van der Waals surface area contributed by atoms with Crippen LogP contribution in [0.2, 0.25) is 0 Å². The number of aliphatic hydroxyl groups is 1. The first-order valence-corrected chi connectivity index (χ1v) is 9.30. The van der Waals surface area contributed by atoms with Gasteiger partial charge in [-0.05, 0) is 29.3 Å². The number of quaternary nitrogens is 1. The molecule has 24 heavy (non-hydrogen) atoms. The highest BCUT2D eigenvalue weighted by Crippen LogP contribution is 2.36. The van der Waals surface area contributed by atoms with Crippen molar-refractivity contribution in [1.29, 1.82) is 0 Å². The highest BCUT2D eigenvalue weighted by molar-refractivity contribution is 7.19. The van der Waals surface area contributed by atoms with Crippen molar-refractivity contribution in [3.63, 3.8) is 0 Å². The standard InChI is InChI=1S/C15H21N7OS/c1-3-9(8-23)16-13-12-10-5-6-21(4-2)7-11(10)24-14(12)22-15(17-13)18-19-20-22/h9,23H,3-8H2,1-2H3,(H,16,17,18,20)/p+1/t9-/m0/s1. The Labute approximate surface area is 143 Å². The first-order chi connectivity index (χ1) is 11.7. The van der Waals surface area contributed by atoms with Gasteiger partial charge in [0.2, 0.25) is 0 Å². The summed E-state index contributed by atoms with van der Waals surface area (Å²) in [4.78, 5) is 8.67. The van der Waals surface area contributed by atoms with Crippen LogP contribution < -0.4 is 10.2 Å². The van der Waals surface area contributed by atoms with E-state index >= 15 is 0 Å². The maximum Gasteiger partial charge on any atom is 0.276 e. The number of aromatic nitrogens is 5. The van der Waals surface area contributed by atoms with Crippen LogP contribution >= 0.6 is 11.3 Å². The number of tetrazole rings is 1. The van der Waals surface area contributed by atoms with Gasteiger partial charge in [-0.1, -0.05) is 12.0 Å². The van der Waals surface area contributed by atoms with Crippen molar-refractivity contribution >= 4 is 33.1 Å². The van der Waals surface area contributed by atoms with Crippen molar-refractivity contribution in [1.82, 2.24) is 25.0 Å². The summed E-state index contributed by atoms with van der Waals surface area (Å²) in [7, 11) is 0. The summed E-state index contributed by atoms with van der Waals surface area (Å²) in [6.07, 6.45) is 1.87. The Morgan fingerprint density at radius 1 is 1.42 bits per heavy atom. The summed E-state index contributed by atoms with van der Waals surface area (Å²) in [5.74, 6) is 1.29. The average molecular weight is 348 g/mol. The van der Waals surface area contributed by atoms with E-state index in [2.05, 4.69) is 32.7 Å². The number of thiophene rings is 1. The fraction of sp³-hybridized carbons (Fsp3) is 0.600. The quantitative estimate of drug-likeness (QED) is 0.595. The summed E-state index contributed by atoms with van der Waals surface area (Å²) in [5, 5.41) is 26.0. The van der Waals surface area contributed by atoms with Gasteiger partial charge in [-0.15, -0.1) is 11.3 Å². The smallest absolute Gasteiger partial charge is 0.276 e. The minimum atomic E-state index is -0.0177. The van der Waals surface area contributed by atoms with Crippen LogP contribution in [0.4, 0.5) is 5.82 Å². The predicted molar refractivity (Wildman–Crippen MR) is 92.5 cm³/mol. The Kier molecular flexibility index (Phi) is 4.07. The summed E-state index contributed by atoms with van der Waals surface area (Å²) in [5.41, 5.74) is 1.37. The molecule has 0 aliphatic carbocycles. The second-order valence-electron chi connectivity index (χ2n) is 6.25. The van der Waals surface area contributed by atoms with E-state index in [9.17, 15) is 5.11 Å². The second-order valence-corrected chi connectivity index (χ2v) is 7.33. The number of fused-ring (bicyclic) bond motifs is 5. The van der Waals surface area contributed by atoms with Crippen molar-refractivity contribution < 1.29 is 10.0 Å². The van der Waals surface area contributed by atoms with Crippen molar-refractivity contribution in [3.8, 4) is 0 Å². The molecule has 0 radical (unpaired) electrons. The zero-order valence-electron chi connectivity index (χ0n) is 13.9. The molecule has 128 valence electrons. The minimum absolute atomic E-state index is 0.0177. The monoisotopic (exact) mass is 348 g/mol. The van der Waals surface area contributed by atoms with Gasteiger partial charge < -0.3 is 15.3 Å². The van der Waals surface area contributed by atoms with Gasteiger partial charge in [-0.3, -0.25) is 0 Å². The van der Waals surface area contributed by atoms with E-state index in [0.717, 1.165) is 48.5 Å². The molecule has 0 saturated carbocycles. The first-order valence-electron chi connectivity index (χ1n) is 8.48. The third kappa shape index (κ3) is 2.43. The van der Waals surface area contributed by atoms with Gasteiger partial charge in [-0.2, -0.15) is 9.50 Å². The normalized spacial score (nSPS) is 18.9. The van der Waals surface area contributed by atoms with Crippen molar-refractivity contribution in [2.24, 2.45) is 0 Å². The Hall–Kier alpha value is -1.84. The van der Waals surface area contributed by atoms with E-state index in [4.69, 9.17) is 0 Å². The molecule has 3 aromatic heterocycles. The lowest BCUT2D eigenvalue weighted by Gasteiger charge is -2.23. The summed E-state index contributed by atoms with van der Waals surface area (Å²) in [6.45, 7) is 7.68. The highest BCUT2D eigenvalue weighted by Gasteiger charge is 2.27. The molecule has 1 aliphatic rings. The van der Waals surface area contributed by atoms with E-state index in [-0.39, 0.29) is 12.6 Å². The molecule has 3 aromatic rings. The Balaban J connectivity index is 1.91. The van der Waals surface area contributed by atoms with Gasteiger partial charge >= 0.3 is 0 Å². The third-order valence-corrected chi connectivity index (χ3v) is 6.07. The molecule has 8 nitrogen and oxygen atoms in total. The number of hydrogen-bond acceptors (Lipinski definition) is 7. The third-order valence-electron chi connectivity index (χ3n) is 4.86. The fourth-order valence-electron chi connectivity index (χ4n) is 3.33. The molecular formula is C15H22N7OS+. The van der Waals surface area contributed by atoms with Crippen LogP contribution in [0.1, 0.15) is 30.7 Å². The van der Waals surface area contributed by atoms with E-state index in [1.165, 1.54) is 10.4 Å². The van der Waals surface area contributed by atoms with Gasteiger partial charge in [0.05, 0.1) is 36.0 Å². The lowest BCUT2D eigenvalue weighted by Crippen LogP contribution is -3.11. The molecule has 9 heteroatoms. The van der Waals surface area contributed by atoms with Crippen LogP contribution in [0.15, 0.2) is 0 Å². The molecule has 4 heterocycles. The summed E-state index contributed by atoms with van der Waals surface area (Å²) in [6, 6.07) is -0.0177. The van der Waals surface area contributed by atoms with Crippen molar-refractivity contribution in [2.75, 3.05) is 25.0 Å². The van der Waals surface area contributed by atoms with Gasteiger partial charge in [0.25, 0.3) is 5.78 Å². The molecule has 0 aromatic carbocycles. The lowest BCUT2D eigenvalue weighted by molar-refractivity contribution is -0.913. The van der Waals surface area contributed by atoms with E-state index < -0.39 is 0 Å². The zero-order chi connectivity index (χ0) is 16.7. The van der Waals surface area contributed by atoms with Gasteiger partial charge in [0, 0.05) is 6.42 Å². The number of likely N-dealkylation sites (N-methyl/N-ethyl adjacent to an activating group) is 1. The van der Waals surface area contributed by atoms with Crippen LogP contribution in [0.5, 0.6) is 0 Å². The number of aliphatic hydroxyl groups excluding tert-OH is 1. The number of hydrogen-bond donors (Lipinski definition) is 3. The molecule has 0 spiro atoms. The Morgan fingerprint density at radius 3 is 3.04 bits per heavy atom. The molecule has 0 saturated heterocycles. The number of nitrogens with one attached hydrogen (secondary N) is 2. The van der Waals surface area contributed by atoms with Crippen LogP contribution in [-0.4, -0.2) is 55.9 Å². The van der Waals surface area contributed by atoms with Crippen LogP contribution in [0.25, 0.3) is 16.0 Å². The average Bonchev–Trinajstić information content (AvgIpc) is 3.22. The van der Waals surface area contributed by atoms with Gasteiger partial charge in [0.15, 0.2) is 0 Å². The highest BCUT2D eigenvalue weighted by atomic mass is 32.1. The molecule has 1 aliphatic heterocycles. The Morgan fingerprint density at radius 2 is 2.29 bits per heavy atom. The maximum absolute atomic E-state index is 9.55. The molecular weight excluding hydrogens is 326 g/mol. The molecule has 3 N–H and O–H groups in total. The number of anilines is 1. The Bertz CT molecular complexity index is 870. The van der Waals surface area contributed by atoms with Crippen LogP contribution in [-0.2, 0) is 13.0 Å². The minimum Gasteiger partial charge on any atom is -0.394 e. The SMILES string of the molecule is CC[C@@H](CO)Nc1nc2nnnn2c2sc3c(c12)CC[NH+](CC)C3. The summed E-state index contributed by atoms with van der Waals surface area (Å²) >= 11 is 1.77. The zero-order valence-corrected chi connectivity index (χ0v) is 14.7. The molecule has 1 unspecified atom stereocenters. The van der Waals surface area contributed by atoms with E-state index in [1.807, 2.05) is 6.92 Å². The summed E-state index contributed by atoms with van der Waals surface area (Å²) < 4.78 is 1.73. The topological polar surface area (TPSA) is 92.7 Å². The molecule has 4 rings (SSSR count). The predicted octanol–water partition coefficient (Wildman–Crippen LogP) is -0.122. The van der Waals surface area contributed by atoms with Gasteiger partial charge in [0.1, 0.15) is 17.2 Å². The second kappa shape index (κ2) is 6.23. The maximum atomic E-state index is 9.55. The largest absolute Gasteiger partial charge is 0.394 e. The van der Waals surface area contributed by atoms with Gasteiger partial charge in [-0.25, -0.2) is 0 Å². The fourth-order valence-corrected chi connectivity index (χ4v) is 4.69. The number of rotatable bonds is 5.